The van der Waals surface area contributed by atoms with Crippen LogP contribution in [-0.4, -0.2) is 13.6 Å². The topological polar surface area (TPSA) is 33.5 Å². The first-order valence-electron chi connectivity index (χ1n) is 5.52. The van der Waals surface area contributed by atoms with Gasteiger partial charge in [-0.05, 0) is 30.5 Å². The van der Waals surface area contributed by atoms with Crippen LogP contribution in [0.4, 0.5) is 5.69 Å². The van der Waals surface area contributed by atoms with Crippen LogP contribution in [0.3, 0.4) is 0 Å². The van der Waals surface area contributed by atoms with E-state index in [1.165, 1.54) is 23.7 Å². The summed E-state index contributed by atoms with van der Waals surface area (Å²) in [4.78, 5) is 13.4. The summed E-state index contributed by atoms with van der Waals surface area (Å²) in [5.74, 6) is 0. The summed E-state index contributed by atoms with van der Waals surface area (Å²) < 4.78 is 5.19. The largest absolute Gasteiger partial charge is 0.423 e. The first kappa shape index (κ1) is 9.46. The minimum Gasteiger partial charge on any atom is -0.423 e. The molecule has 0 saturated carbocycles. The standard InChI is InChI=1S/C13H13NO2/c1-14-6-2-3-9-7-10-4-5-13(15)16-12(10)8-11(9)14/h4-5,7-8H,2-3,6H2,1H3. The minimum atomic E-state index is -0.286. The van der Waals surface area contributed by atoms with E-state index < -0.39 is 0 Å². The Morgan fingerprint density at radius 3 is 3.06 bits per heavy atom. The average Bonchev–Trinajstić information content (AvgIpc) is 2.28. The third-order valence-corrected chi connectivity index (χ3v) is 3.17. The van der Waals surface area contributed by atoms with Gasteiger partial charge in [-0.15, -0.1) is 0 Å². The molecule has 3 nitrogen and oxygen atoms in total. The second-order valence-electron chi connectivity index (χ2n) is 4.30. The van der Waals surface area contributed by atoms with Crippen LogP contribution < -0.4 is 10.5 Å². The number of fused-ring (bicyclic) bond motifs is 2. The highest BCUT2D eigenvalue weighted by Crippen LogP contribution is 2.29. The van der Waals surface area contributed by atoms with Gasteiger partial charge in [-0.1, -0.05) is 0 Å². The van der Waals surface area contributed by atoms with E-state index in [-0.39, 0.29) is 5.63 Å². The maximum Gasteiger partial charge on any atom is 0.336 e. The van der Waals surface area contributed by atoms with E-state index in [0.717, 1.165) is 18.4 Å². The van der Waals surface area contributed by atoms with Crippen molar-refractivity contribution in [1.29, 1.82) is 0 Å². The normalized spacial score (nSPS) is 15.2. The summed E-state index contributed by atoms with van der Waals surface area (Å²) in [6, 6.07) is 7.41. The minimum absolute atomic E-state index is 0.286. The van der Waals surface area contributed by atoms with Gasteiger partial charge in [-0.25, -0.2) is 4.79 Å². The predicted octanol–water partition coefficient (Wildman–Crippen LogP) is 2.18. The number of hydrogen-bond donors (Lipinski definition) is 0. The van der Waals surface area contributed by atoms with Gasteiger partial charge in [0.25, 0.3) is 0 Å². The molecule has 1 aliphatic heterocycles. The molecule has 0 bridgehead atoms. The van der Waals surface area contributed by atoms with Gasteiger partial charge in [0.05, 0.1) is 0 Å². The number of nitrogens with zero attached hydrogens (tertiary/aromatic N) is 1. The van der Waals surface area contributed by atoms with Crippen molar-refractivity contribution in [2.75, 3.05) is 18.5 Å². The van der Waals surface area contributed by atoms with E-state index in [1.54, 1.807) is 0 Å². The number of anilines is 1. The zero-order valence-corrected chi connectivity index (χ0v) is 9.19. The molecule has 82 valence electrons. The molecule has 0 fully saturated rings. The van der Waals surface area contributed by atoms with E-state index in [9.17, 15) is 4.79 Å². The third-order valence-electron chi connectivity index (χ3n) is 3.17. The molecule has 0 N–H and O–H groups in total. The molecule has 1 aliphatic rings. The Labute approximate surface area is 93.3 Å². The fraction of sp³-hybridized carbons (Fsp3) is 0.308. The van der Waals surface area contributed by atoms with E-state index in [1.807, 2.05) is 12.1 Å². The molecule has 0 unspecified atom stereocenters. The van der Waals surface area contributed by atoms with Crippen molar-refractivity contribution >= 4 is 16.7 Å². The van der Waals surface area contributed by atoms with Gasteiger partial charge in [0.2, 0.25) is 0 Å². The highest BCUT2D eigenvalue weighted by molar-refractivity contribution is 5.82. The SMILES string of the molecule is CN1CCCc2cc3ccc(=O)oc3cc21. The number of benzene rings is 1. The lowest BCUT2D eigenvalue weighted by molar-refractivity contribution is 0.560. The Morgan fingerprint density at radius 1 is 1.31 bits per heavy atom. The molecule has 2 heterocycles. The van der Waals surface area contributed by atoms with Crippen LogP contribution in [0.25, 0.3) is 11.0 Å². The van der Waals surface area contributed by atoms with Crippen LogP contribution in [0.1, 0.15) is 12.0 Å². The van der Waals surface area contributed by atoms with Crippen LogP contribution in [0.15, 0.2) is 33.5 Å². The second-order valence-corrected chi connectivity index (χ2v) is 4.30. The molecule has 0 amide bonds. The monoisotopic (exact) mass is 215 g/mol. The highest BCUT2D eigenvalue weighted by Gasteiger charge is 2.14. The molecule has 0 spiro atoms. The van der Waals surface area contributed by atoms with Crippen molar-refractivity contribution in [2.24, 2.45) is 0 Å². The summed E-state index contributed by atoms with van der Waals surface area (Å²) in [6.45, 7) is 1.07. The lowest BCUT2D eigenvalue weighted by atomic mass is 10.0. The average molecular weight is 215 g/mol. The summed E-state index contributed by atoms with van der Waals surface area (Å²) in [7, 11) is 2.07. The number of aryl methyl sites for hydroxylation is 1. The quantitative estimate of drug-likeness (QED) is 0.631. The Balaban J connectivity index is 2.30. The molecule has 2 aromatic rings. The van der Waals surface area contributed by atoms with Crippen LogP contribution in [0, 0.1) is 0 Å². The lowest BCUT2D eigenvalue weighted by Gasteiger charge is -2.27. The van der Waals surface area contributed by atoms with Crippen molar-refractivity contribution in [3.05, 3.63) is 40.2 Å². The van der Waals surface area contributed by atoms with Crippen LogP contribution in [-0.2, 0) is 6.42 Å². The molecular weight excluding hydrogens is 202 g/mol. The van der Waals surface area contributed by atoms with Gasteiger partial charge in [-0.2, -0.15) is 0 Å². The van der Waals surface area contributed by atoms with E-state index in [2.05, 4.69) is 18.0 Å². The van der Waals surface area contributed by atoms with Gasteiger partial charge < -0.3 is 9.32 Å². The smallest absolute Gasteiger partial charge is 0.336 e. The molecule has 0 aliphatic carbocycles. The molecule has 3 rings (SSSR count). The van der Waals surface area contributed by atoms with Crippen molar-refractivity contribution in [3.63, 3.8) is 0 Å². The molecule has 1 aromatic heterocycles. The Hall–Kier alpha value is -1.77. The number of hydrogen-bond acceptors (Lipinski definition) is 3. The molecular formula is C13H13NO2. The van der Waals surface area contributed by atoms with Crippen molar-refractivity contribution < 1.29 is 4.42 Å². The molecule has 1 aromatic carbocycles. The van der Waals surface area contributed by atoms with E-state index in [4.69, 9.17) is 4.42 Å². The van der Waals surface area contributed by atoms with Crippen molar-refractivity contribution in [1.82, 2.24) is 0 Å². The first-order chi connectivity index (χ1) is 7.74. The van der Waals surface area contributed by atoms with Crippen LogP contribution >= 0.6 is 0 Å². The third kappa shape index (κ3) is 1.40. The molecule has 16 heavy (non-hydrogen) atoms. The Morgan fingerprint density at radius 2 is 2.19 bits per heavy atom. The summed E-state index contributed by atoms with van der Waals surface area (Å²) in [5, 5.41) is 1.01. The van der Waals surface area contributed by atoms with Crippen LogP contribution in [0.2, 0.25) is 0 Å². The van der Waals surface area contributed by atoms with E-state index in [0.29, 0.717) is 5.58 Å². The molecule has 0 saturated heterocycles. The van der Waals surface area contributed by atoms with Crippen molar-refractivity contribution in [2.45, 2.75) is 12.8 Å². The Bertz CT molecular complexity index is 600. The van der Waals surface area contributed by atoms with Gasteiger partial charge in [0.15, 0.2) is 0 Å². The van der Waals surface area contributed by atoms with Gasteiger partial charge in [0, 0.05) is 36.8 Å². The number of rotatable bonds is 0. The molecule has 0 radical (unpaired) electrons. The van der Waals surface area contributed by atoms with Crippen LogP contribution in [0.5, 0.6) is 0 Å². The maximum atomic E-state index is 11.2. The van der Waals surface area contributed by atoms with Crippen molar-refractivity contribution in [3.8, 4) is 0 Å². The summed E-state index contributed by atoms with van der Waals surface area (Å²) in [6.07, 6.45) is 2.29. The zero-order chi connectivity index (χ0) is 11.1. The van der Waals surface area contributed by atoms with E-state index >= 15 is 0 Å². The lowest BCUT2D eigenvalue weighted by Crippen LogP contribution is -2.24. The first-order valence-corrected chi connectivity index (χ1v) is 5.52. The molecule has 3 heteroatoms. The van der Waals surface area contributed by atoms with Gasteiger partial charge in [-0.3, -0.25) is 0 Å². The zero-order valence-electron chi connectivity index (χ0n) is 9.19. The summed E-state index contributed by atoms with van der Waals surface area (Å²) in [5.41, 5.74) is 2.93. The fourth-order valence-corrected chi connectivity index (χ4v) is 2.33. The maximum absolute atomic E-state index is 11.2. The predicted molar refractivity (Wildman–Crippen MR) is 64.1 cm³/mol. The van der Waals surface area contributed by atoms with Gasteiger partial charge >= 0.3 is 5.63 Å². The summed E-state index contributed by atoms with van der Waals surface area (Å²) >= 11 is 0. The Kier molecular flexibility index (Phi) is 1.99. The highest BCUT2D eigenvalue weighted by atomic mass is 16.4. The molecule has 0 atom stereocenters. The second kappa shape index (κ2) is 3.37. The van der Waals surface area contributed by atoms with Gasteiger partial charge in [0.1, 0.15) is 5.58 Å². The fourth-order valence-electron chi connectivity index (χ4n) is 2.33.